The zero-order valence-electron chi connectivity index (χ0n) is 33.2. The minimum absolute atomic E-state index is 0.00328. The van der Waals surface area contributed by atoms with Crippen LogP contribution in [-0.4, -0.2) is 46.3 Å². The molecule has 0 bridgehead atoms. The summed E-state index contributed by atoms with van der Waals surface area (Å²) in [5.41, 5.74) is 0.825. The van der Waals surface area contributed by atoms with Gasteiger partial charge in [0.05, 0.1) is 43.9 Å². The second kappa shape index (κ2) is 23.7. The molecule has 14 nitrogen and oxygen atoms in total. The second-order valence-electron chi connectivity index (χ2n) is 14.2. The number of carbonyl (C=O) groups excluding carboxylic acids is 3. The SMILES string of the molecule is CC(C)(C#N)CCC(=O)OCc1ccc(CO)cc1.COc1ccc(COC(=O)CCC(C)(C#N)N=NC(C)(C#N)CCC(=O)OCc2ccc(CO)cc2)cc1. The van der Waals surface area contributed by atoms with Crippen molar-refractivity contribution < 1.29 is 43.5 Å². The lowest BCUT2D eigenvalue weighted by Crippen LogP contribution is -2.25. The fraction of sp³-hybridized carbons (Fsp3) is 0.442. The molecule has 57 heavy (non-hydrogen) atoms. The zero-order valence-corrected chi connectivity index (χ0v) is 33.2. The molecule has 0 saturated heterocycles. The largest absolute Gasteiger partial charge is 0.497 e. The number of hydrogen-bond acceptors (Lipinski definition) is 14. The highest BCUT2D eigenvalue weighted by Gasteiger charge is 2.30. The van der Waals surface area contributed by atoms with Gasteiger partial charge in [0.25, 0.3) is 0 Å². The van der Waals surface area contributed by atoms with Crippen LogP contribution in [0, 0.1) is 39.4 Å². The van der Waals surface area contributed by atoms with E-state index in [0.29, 0.717) is 12.2 Å². The number of ether oxygens (including phenoxy) is 4. The Morgan fingerprint density at radius 2 is 0.860 bits per heavy atom. The average Bonchev–Trinajstić information content (AvgIpc) is 3.24. The Bertz CT molecular complexity index is 1800. The number of rotatable bonds is 20. The molecule has 0 heterocycles. The van der Waals surface area contributed by atoms with Crippen molar-refractivity contribution in [1.82, 2.24) is 0 Å². The topological polar surface area (TPSA) is 225 Å². The van der Waals surface area contributed by atoms with Gasteiger partial charge >= 0.3 is 17.9 Å². The van der Waals surface area contributed by atoms with Crippen molar-refractivity contribution in [3.8, 4) is 24.0 Å². The minimum Gasteiger partial charge on any atom is -0.497 e. The van der Waals surface area contributed by atoms with Crippen molar-refractivity contribution in [2.45, 2.75) is 110 Å². The lowest BCUT2D eigenvalue weighted by atomic mass is 9.90. The number of hydrogen-bond donors (Lipinski definition) is 2. The van der Waals surface area contributed by atoms with Crippen LogP contribution in [0.4, 0.5) is 0 Å². The van der Waals surface area contributed by atoms with E-state index in [2.05, 4.69) is 16.3 Å². The van der Waals surface area contributed by atoms with Gasteiger partial charge in [-0.05, 0) is 86.9 Å². The molecule has 0 radical (unpaired) electrons. The maximum Gasteiger partial charge on any atom is 0.306 e. The van der Waals surface area contributed by atoms with Crippen molar-refractivity contribution in [2.75, 3.05) is 7.11 Å². The molecule has 2 unspecified atom stereocenters. The Labute approximate surface area is 334 Å². The smallest absolute Gasteiger partial charge is 0.306 e. The number of benzene rings is 3. The second-order valence-corrected chi connectivity index (χ2v) is 14.2. The quantitative estimate of drug-likeness (QED) is 0.0665. The molecule has 3 rings (SSSR count). The van der Waals surface area contributed by atoms with E-state index in [1.54, 1.807) is 81.6 Å². The first-order valence-electron chi connectivity index (χ1n) is 18.3. The van der Waals surface area contributed by atoms with Crippen LogP contribution in [0.5, 0.6) is 5.75 Å². The third kappa shape index (κ3) is 18.4. The van der Waals surface area contributed by atoms with Crippen molar-refractivity contribution in [1.29, 1.82) is 15.8 Å². The summed E-state index contributed by atoms with van der Waals surface area (Å²) in [6, 6.07) is 27.5. The Hall–Kier alpha value is -6.14. The highest BCUT2D eigenvalue weighted by Crippen LogP contribution is 2.25. The summed E-state index contributed by atoms with van der Waals surface area (Å²) in [5.74, 6) is -0.596. The molecule has 2 N–H and O–H groups in total. The Balaban J connectivity index is 0.000000494. The van der Waals surface area contributed by atoms with Gasteiger partial charge in [-0.15, -0.1) is 0 Å². The van der Waals surface area contributed by atoms with E-state index in [1.165, 1.54) is 13.8 Å². The van der Waals surface area contributed by atoms with E-state index in [1.807, 2.05) is 24.3 Å². The Kier molecular flexibility index (Phi) is 19.6. The van der Waals surface area contributed by atoms with E-state index >= 15 is 0 Å². The van der Waals surface area contributed by atoms with Crippen LogP contribution in [-0.2, 0) is 61.6 Å². The fourth-order valence-electron chi connectivity index (χ4n) is 4.55. The van der Waals surface area contributed by atoms with E-state index in [-0.39, 0.29) is 71.1 Å². The summed E-state index contributed by atoms with van der Waals surface area (Å²) in [7, 11) is 1.56. The van der Waals surface area contributed by atoms with Crippen LogP contribution in [0.2, 0.25) is 0 Å². The summed E-state index contributed by atoms with van der Waals surface area (Å²) in [4.78, 5) is 35.9. The Morgan fingerprint density at radius 1 is 0.544 bits per heavy atom. The average molecular weight is 782 g/mol. The van der Waals surface area contributed by atoms with Crippen LogP contribution < -0.4 is 4.74 Å². The standard InChI is InChI=1S/C28H32N4O6.C15H19NO3/c1-27(19-29,14-12-25(34)37-17-22-6-4-21(16-33)5-7-22)31-32-28(2,20-30)15-13-26(35)38-18-23-8-10-24(36-3)11-9-23;1-15(2,11-16)8-7-14(18)19-10-13-5-3-12(9-17)4-6-13/h4-11,33H,12-18H2,1-3H3;3-6,17H,7-10H2,1-2H3. The van der Waals surface area contributed by atoms with Crippen molar-refractivity contribution >= 4 is 17.9 Å². The molecule has 0 saturated carbocycles. The molecule has 302 valence electrons. The molecule has 0 fully saturated rings. The maximum atomic E-state index is 12.2. The van der Waals surface area contributed by atoms with Gasteiger partial charge in [-0.25, -0.2) is 0 Å². The van der Waals surface area contributed by atoms with Crippen LogP contribution in [0.1, 0.15) is 94.0 Å². The van der Waals surface area contributed by atoms with Crippen LogP contribution >= 0.6 is 0 Å². The third-order valence-corrected chi connectivity index (χ3v) is 8.63. The predicted molar refractivity (Wildman–Crippen MR) is 207 cm³/mol. The lowest BCUT2D eigenvalue weighted by molar-refractivity contribution is -0.146. The summed E-state index contributed by atoms with van der Waals surface area (Å²) in [5, 5.41) is 54.2. The van der Waals surface area contributed by atoms with Gasteiger partial charge in [0.1, 0.15) is 25.6 Å². The van der Waals surface area contributed by atoms with Gasteiger partial charge in [-0.1, -0.05) is 60.7 Å². The molecular weight excluding hydrogens is 730 g/mol. The maximum absolute atomic E-state index is 12.2. The van der Waals surface area contributed by atoms with Crippen LogP contribution in [0.3, 0.4) is 0 Å². The van der Waals surface area contributed by atoms with E-state index in [9.17, 15) is 24.9 Å². The van der Waals surface area contributed by atoms with Crippen molar-refractivity contribution in [3.05, 3.63) is 101 Å². The van der Waals surface area contributed by atoms with Crippen LogP contribution in [0.25, 0.3) is 0 Å². The number of nitrogens with zero attached hydrogens (tertiary/aromatic N) is 5. The number of carbonyl (C=O) groups is 3. The van der Waals surface area contributed by atoms with Gasteiger partial charge in [0.15, 0.2) is 11.1 Å². The summed E-state index contributed by atoms with van der Waals surface area (Å²) in [6.45, 7) is 6.93. The summed E-state index contributed by atoms with van der Waals surface area (Å²) < 4.78 is 20.7. The first kappa shape index (κ1) is 47.0. The predicted octanol–water partition coefficient (Wildman–Crippen LogP) is 7.10. The molecular formula is C43H51N5O9. The number of esters is 3. The number of nitriles is 3. The van der Waals surface area contributed by atoms with Crippen LogP contribution in [0.15, 0.2) is 83.0 Å². The number of methoxy groups -OCH3 is 1. The van der Waals surface area contributed by atoms with E-state index in [4.69, 9.17) is 34.4 Å². The third-order valence-electron chi connectivity index (χ3n) is 8.63. The molecule has 0 aliphatic carbocycles. The van der Waals surface area contributed by atoms with Gasteiger partial charge in [-0.2, -0.15) is 26.0 Å². The molecule has 2 atom stereocenters. The summed E-state index contributed by atoms with van der Waals surface area (Å²) in [6.07, 6.45) is 0.696. The zero-order chi connectivity index (χ0) is 42.3. The molecule has 3 aromatic rings. The number of aliphatic hydroxyl groups excluding tert-OH is 2. The monoisotopic (exact) mass is 781 g/mol. The first-order valence-corrected chi connectivity index (χ1v) is 18.3. The van der Waals surface area contributed by atoms with Gasteiger partial charge in [0.2, 0.25) is 0 Å². The highest BCUT2D eigenvalue weighted by atomic mass is 16.5. The van der Waals surface area contributed by atoms with Crippen molar-refractivity contribution in [2.24, 2.45) is 15.6 Å². The normalized spacial score (nSPS) is 12.9. The molecule has 0 aliphatic rings. The van der Waals surface area contributed by atoms with Gasteiger partial charge in [-0.3, -0.25) is 14.4 Å². The number of aliphatic hydroxyl groups is 2. The minimum atomic E-state index is -1.35. The molecule has 0 aliphatic heterocycles. The Morgan fingerprint density at radius 3 is 1.16 bits per heavy atom. The van der Waals surface area contributed by atoms with E-state index < -0.39 is 28.4 Å². The van der Waals surface area contributed by atoms with Gasteiger partial charge < -0.3 is 29.2 Å². The van der Waals surface area contributed by atoms with Gasteiger partial charge in [0, 0.05) is 19.3 Å². The molecule has 0 amide bonds. The molecule has 14 heteroatoms. The van der Waals surface area contributed by atoms with Crippen molar-refractivity contribution in [3.63, 3.8) is 0 Å². The first-order chi connectivity index (χ1) is 27.1. The molecule has 0 spiro atoms. The lowest BCUT2D eigenvalue weighted by Gasteiger charge is -2.19. The van der Waals surface area contributed by atoms with E-state index in [0.717, 1.165) is 27.8 Å². The number of azo groups is 1. The summed E-state index contributed by atoms with van der Waals surface area (Å²) >= 11 is 0. The fourth-order valence-corrected chi connectivity index (χ4v) is 4.55. The highest BCUT2D eigenvalue weighted by molar-refractivity contribution is 5.70. The molecule has 0 aromatic heterocycles. The molecule has 3 aromatic carbocycles.